The summed E-state index contributed by atoms with van der Waals surface area (Å²) in [4.78, 5) is 14.6. The van der Waals surface area contributed by atoms with Gasteiger partial charge in [0.25, 0.3) is 5.91 Å². The molecule has 0 fully saturated rings. The highest BCUT2D eigenvalue weighted by Crippen LogP contribution is 2.34. The maximum absolute atomic E-state index is 13.5. The molecule has 0 saturated carbocycles. The minimum absolute atomic E-state index is 0.0602. The first kappa shape index (κ1) is 25.0. The molecule has 0 aromatic heterocycles. The van der Waals surface area contributed by atoms with Gasteiger partial charge in [-0.15, -0.1) is 0 Å². The first-order valence-corrected chi connectivity index (χ1v) is 12.5. The van der Waals surface area contributed by atoms with E-state index >= 15 is 0 Å². The number of rotatable bonds is 6. The molecule has 2 aromatic rings. The SMILES string of the molecule is C/C=C/c1ccc2c(c1)O[C@H](CN(C)C(=O)c1ccccc1)[C@H](C)CN([C@@H](C)CO)S2(=O)=O. The van der Waals surface area contributed by atoms with Crippen LogP contribution in [0.25, 0.3) is 6.08 Å². The Morgan fingerprint density at radius 3 is 2.61 bits per heavy atom. The molecule has 0 bridgehead atoms. The maximum Gasteiger partial charge on any atom is 0.253 e. The van der Waals surface area contributed by atoms with Gasteiger partial charge in [-0.1, -0.05) is 43.3 Å². The monoisotopic (exact) mass is 472 g/mol. The van der Waals surface area contributed by atoms with Crippen LogP contribution in [0.4, 0.5) is 0 Å². The number of sulfonamides is 1. The lowest BCUT2D eigenvalue weighted by Gasteiger charge is -2.37. The number of ether oxygens (including phenoxy) is 1. The quantitative estimate of drug-likeness (QED) is 0.697. The molecule has 7 nitrogen and oxygen atoms in total. The Bertz CT molecular complexity index is 1100. The Morgan fingerprint density at radius 1 is 1.27 bits per heavy atom. The van der Waals surface area contributed by atoms with Crippen LogP contribution in [-0.4, -0.2) is 67.5 Å². The van der Waals surface area contributed by atoms with Gasteiger partial charge in [0, 0.05) is 31.1 Å². The average Bonchev–Trinajstić information content (AvgIpc) is 2.81. The van der Waals surface area contributed by atoms with Crippen LogP contribution in [0.2, 0.25) is 0 Å². The molecular weight excluding hydrogens is 440 g/mol. The highest BCUT2D eigenvalue weighted by molar-refractivity contribution is 7.89. The summed E-state index contributed by atoms with van der Waals surface area (Å²) >= 11 is 0. The predicted octanol–water partition coefficient (Wildman–Crippen LogP) is 3.26. The molecule has 0 saturated heterocycles. The second kappa shape index (κ2) is 10.5. The van der Waals surface area contributed by atoms with E-state index in [0.717, 1.165) is 5.56 Å². The standard InChI is InChI=1S/C25H32N2O5S/c1-5-9-20-12-13-24-22(14-20)32-23(16-26(4)25(29)21-10-7-6-8-11-21)18(2)15-27(19(3)17-28)33(24,30)31/h5-14,18-19,23,28H,15-17H2,1-4H3/b9-5+/t18-,19+,23-/m1/s1. The van der Waals surface area contributed by atoms with Crippen molar-refractivity contribution in [3.8, 4) is 5.75 Å². The van der Waals surface area contributed by atoms with Gasteiger partial charge in [-0.2, -0.15) is 4.31 Å². The van der Waals surface area contributed by atoms with E-state index in [1.165, 1.54) is 4.31 Å². The van der Waals surface area contributed by atoms with Gasteiger partial charge >= 0.3 is 0 Å². The third kappa shape index (κ3) is 5.46. The number of aliphatic hydroxyl groups is 1. The molecule has 2 aromatic carbocycles. The zero-order valence-electron chi connectivity index (χ0n) is 19.5. The van der Waals surface area contributed by atoms with Crippen LogP contribution in [0, 0.1) is 5.92 Å². The van der Waals surface area contributed by atoms with Crippen molar-refractivity contribution >= 4 is 22.0 Å². The van der Waals surface area contributed by atoms with Crippen LogP contribution < -0.4 is 4.74 Å². The van der Waals surface area contributed by atoms with Gasteiger partial charge in [0.1, 0.15) is 16.7 Å². The number of hydrogen-bond acceptors (Lipinski definition) is 5. The highest BCUT2D eigenvalue weighted by atomic mass is 32.2. The molecule has 33 heavy (non-hydrogen) atoms. The van der Waals surface area contributed by atoms with Crippen LogP contribution in [0.15, 0.2) is 59.5 Å². The van der Waals surface area contributed by atoms with Gasteiger partial charge in [0.15, 0.2) is 0 Å². The number of likely N-dealkylation sites (N-methyl/N-ethyl adjacent to an activating group) is 1. The molecule has 1 aliphatic rings. The topological polar surface area (TPSA) is 87.2 Å². The Morgan fingerprint density at radius 2 is 1.97 bits per heavy atom. The molecule has 1 heterocycles. The molecule has 0 spiro atoms. The van der Waals surface area contributed by atoms with Crippen LogP contribution in [-0.2, 0) is 10.0 Å². The molecule has 1 aliphatic heterocycles. The number of allylic oxidation sites excluding steroid dienone is 1. The average molecular weight is 473 g/mol. The van der Waals surface area contributed by atoms with E-state index < -0.39 is 22.2 Å². The summed E-state index contributed by atoms with van der Waals surface area (Å²) in [6.45, 7) is 5.62. The number of carbonyl (C=O) groups excluding carboxylic acids is 1. The molecule has 0 aliphatic carbocycles. The highest BCUT2D eigenvalue weighted by Gasteiger charge is 2.38. The fraction of sp³-hybridized carbons (Fsp3) is 0.400. The van der Waals surface area contributed by atoms with Crippen molar-refractivity contribution in [3.05, 3.63) is 65.7 Å². The van der Waals surface area contributed by atoms with Crippen LogP contribution >= 0.6 is 0 Å². The lowest BCUT2D eigenvalue weighted by molar-refractivity contribution is 0.0563. The first-order valence-electron chi connectivity index (χ1n) is 11.1. The Balaban J connectivity index is 2.01. The van der Waals surface area contributed by atoms with E-state index in [2.05, 4.69) is 0 Å². The maximum atomic E-state index is 13.5. The zero-order chi connectivity index (χ0) is 24.2. The molecule has 1 amide bonds. The second-order valence-electron chi connectivity index (χ2n) is 8.50. The summed E-state index contributed by atoms with van der Waals surface area (Å²) in [5, 5.41) is 9.74. The van der Waals surface area contributed by atoms with Crippen molar-refractivity contribution in [2.45, 2.75) is 37.8 Å². The molecule has 3 atom stereocenters. The van der Waals surface area contributed by atoms with Crippen molar-refractivity contribution in [1.82, 2.24) is 9.21 Å². The van der Waals surface area contributed by atoms with Crippen molar-refractivity contribution in [3.63, 3.8) is 0 Å². The Hall–Kier alpha value is -2.68. The summed E-state index contributed by atoms with van der Waals surface area (Å²) in [6.07, 6.45) is 3.28. The Labute approximate surface area is 196 Å². The van der Waals surface area contributed by atoms with E-state index in [1.807, 2.05) is 44.2 Å². The molecule has 1 N–H and O–H groups in total. The van der Waals surface area contributed by atoms with Crippen LogP contribution in [0.1, 0.15) is 36.7 Å². The molecule has 178 valence electrons. The van der Waals surface area contributed by atoms with Gasteiger partial charge < -0.3 is 14.7 Å². The molecular formula is C25H32N2O5S. The number of aliphatic hydroxyl groups excluding tert-OH is 1. The van der Waals surface area contributed by atoms with E-state index in [-0.39, 0.29) is 42.2 Å². The van der Waals surface area contributed by atoms with E-state index in [9.17, 15) is 18.3 Å². The number of benzene rings is 2. The minimum atomic E-state index is -3.89. The number of carbonyl (C=O) groups is 1. The normalized spacial score (nSPS) is 21.5. The largest absolute Gasteiger partial charge is 0.487 e. The first-order chi connectivity index (χ1) is 15.7. The minimum Gasteiger partial charge on any atom is -0.487 e. The fourth-order valence-electron chi connectivity index (χ4n) is 3.91. The van der Waals surface area contributed by atoms with Crippen molar-refractivity contribution in [2.24, 2.45) is 5.92 Å². The van der Waals surface area contributed by atoms with Gasteiger partial charge in [-0.05, 0) is 43.7 Å². The van der Waals surface area contributed by atoms with Crippen LogP contribution in [0.3, 0.4) is 0 Å². The summed E-state index contributed by atoms with van der Waals surface area (Å²) in [6, 6.07) is 13.4. The van der Waals surface area contributed by atoms with Gasteiger partial charge in [-0.25, -0.2) is 8.42 Å². The predicted molar refractivity (Wildman–Crippen MR) is 129 cm³/mol. The van der Waals surface area contributed by atoms with Gasteiger partial charge in [-0.3, -0.25) is 4.79 Å². The fourth-order valence-corrected chi connectivity index (χ4v) is 5.74. The van der Waals surface area contributed by atoms with E-state index in [4.69, 9.17) is 4.74 Å². The van der Waals surface area contributed by atoms with Crippen molar-refractivity contribution in [2.75, 3.05) is 26.7 Å². The zero-order valence-corrected chi connectivity index (χ0v) is 20.3. The number of fused-ring (bicyclic) bond motifs is 1. The smallest absolute Gasteiger partial charge is 0.253 e. The summed E-state index contributed by atoms with van der Waals surface area (Å²) in [7, 11) is -2.17. The van der Waals surface area contributed by atoms with Gasteiger partial charge in [0.05, 0.1) is 13.2 Å². The summed E-state index contributed by atoms with van der Waals surface area (Å²) in [5.74, 6) is -0.124. The Kier molecular flexibility index (Phi) is 7.94. The van der Waals surface area contributed by atoms with Crippen molar-refractivity contribution in [1.29, 1.82) is 0 Å². The van der Waals surface area contributed by atoms with Crippen molar-refractivity contribution < 1.29 is 23.1 Å². The van der Waals surface area contributed by atoms with E-state index in [1.54, 1.807) is 49.2 Å². The molecule has 0 unspecified atom stereocenters. The van der Waals surface area contributed by atoms with Gasteiger partial charge in [0.2, 0.25) is 10.0 Å². The third-order valence-electron chi connectivity index (χ3n) is 5.87. The lowest BCUT2D eigenvalue weighted by atomic mass is 10.0. The molecule has 0 radical (unpaired) electrons. The third-order valence-corrected chi connectivity index (χ3v) is 7.89. The second-order valence-corrected chi connectivity index (χ2v) is 10.4. The van der Waals surface area contributed by atoms with Crippen LogP contribution in [0.5, 0.6) is 5.75 Å². The molecule has 8 heteroatoms. The summed E-state index contributed by atoms with van der Waals surface area (Å²) < 4.78 is 34.6. The number of nitrogens with zero attached hydrogens (tertiary/aromatic N) is 2. The number of hydrogen-bond donors (Lipinski definition) is 1. The summed E-state index contributed by atoms with van der Waals surface area (Å²) in [5.41, 5.74) is 1.39. The van der Waals surface area contributed by atoms with E-state index in [0.29, 0.717) is 5.56 Å². The lowest BCUT2D eigenvalue weighted by Crippen LogP contribution is -2.50. The number of amides is 1. The molecule has 3 rings (SSSR count).